The van der Waals surface area contributed by atoms with Gasteiger partial charge in [0.2, 0.25) is 0 Å². The predicted octanol–water partition coefficient (Wildman–Crippen LogP) is 4.50. The molecule has 0 spiro atoms. The monoisotopic (exact) mass is 738 g/mol. The van der Waals surface area contributed by atoms with E-state index in [1.807, 2.05) is 0 Å². The van der Waals surface area contributed by atoms with Gasteiger partial charge in [-0.25, -0.2) is 4.79 Å². The van der Waals surface area contributed by atoms with Crippen molar-refractivity contribution in [2.24, 2.45) is 17.8 Å². The molecular formula is C27H41F7O13S. The lowest BCUT2D eigenvalue weighted by Gasteiger charge is -2.26. The standard InChI is InChI=1S/C9H14F2O3.C8H12F2O3.C8H14O3.C2HF3O4S/c1-13-8(12)6-2-4-7(5-3-6)14-9(10)11;9-8(10)13-6-3-1-5(2-4-6)7(11)12;1-11-8(10)6-2-4-7(9)5-3-6;3-2(4,1(6)7)10(5,8)9/h6-7,9H,2-5H2,1H3;5-6,8H,1-4H2,(H,11,12);6-7,9H,2-5H2,1H3;(H,6,7). The third kappa shape index (κ3) is 17.6. The molecule has 0 aromatic heterocycles. The molecule has 3 saturated carbocycles. The molecule has 0 radical (unpaired) electrons. The Bertz CT molecular complexity index is 1090. The molecule has 3 aliphatic rings. The number of ether oxygens (including phenoxy) is 4. The van der Waals surface area contributed by atoms with Gasteiger partial charge in [0.15, 0.2) is 0 Å². The van der Waals surface area contributed by atoms with Gasteiger partial charge in [-0.05, 0) is 77.0 Å². The van der Waals surface area contributed by atoms with E-state index in [0.717, 1.165) is 25.7 Å². The summed E-state index contributed by atoms with van der Waals surface area (Å²) in [6.45, 7) is -5.46. The van der Waals surface area contributed by atoms with Crippen LogP contribution in [0.25, 0.3) is 0 Å². The highest BCUT2D eigenvalue weighted by atomic mass is 32.3. The number of halogens is 7. The van der Waals surface area contributed by atoms with Crippen molar-refractivity contribution >= 4 is 34.1 Å². The number of aliphatic hydroxyl groups is 1. The molecule has 0 unspecified atom stereocenters. The van der Waals surface area contributed by atoms with Crippen molar-refractivity contribution in [3.8, 4) is 0 Å². The first kappa shape index (κ1) is 45.2. The summed E-state index contributed by atoms with van der Waals surface area (Å²) >= 11 is 0. The minimum absolute atomic E-state index is 0.0309. The number of aliphatic hydroxyl groups excluding tert-OH is 1. The molecule has 3 N–H and O–H groups in total. The van der Waals surface area contributed by atoms with Crippen LogP contribution in [0.5, 0.6) is 0 Å². The number of methoxy groups -OCH3 is 2. The highest BCUT2D eigenvalue weighted by Gasteiger charge is 2.54. The Hall–Kier alpha value is -2.78. The first-order valence-electron chi connectivity index (χ1n) is 14.6. The van der Waals surface area contributed by atoms with Crippen molar-refractivity contribution < 1.29 is 92.1 Å². The van der Waals surface area contributed by atoms with Gasteiger partial charge in [0, 0.05) is 0 Å². The van der Waals surface area contributed by atoms with E-state index >= 15 is 0 Å². The molecular weight excluding hydrogens is 697 g/mol. The van der Waals surface area contributed by atoms with Gasteiger partial charge in [0.1, 0.15) is 0 Å². The Morgan fingerprint density at radius 2 is 0.958 bits per heavy atom. The summed E-state index contributed by atoms with van der Waals surface area (Å²) < 4.78 is 118. The number of carboxylic acids is 2. The molecule has 0 amide bonds. The smallest absolute Gasteiger partial charge is 0.470 e. The average Bonchev–Trinajstić information content (AvgIpc) is 3.01. The maximum Gasteiger partial charge on any atom is 0.470 e. The van der Waals surface area contributed by atoms with Crippen LogP contribution < -0.4 is 0 Å². The second-order valence-corrected chi connectivity index (χ2v) is 12.3. The van der Waals surface area contributed by atoms with E-state index in [4.69, 9.17) is 15.3 Å². The van der Waals surface area contributed by atoms with Crippen molar-refractivity contribution in [2.75, 3.05) is 14.2 Å². The highest BCUT2D eigenvalue weighted by molar-refractivity contribution is 7.88. The number of carbonyl (C=O) groups is 4. The van der Waals surface area contributed by atoms with E-state index in [2.05, 4.69) is 18.9 Å². The van der Waals surface area contributed by atoms with E-state index in [9.17, 15) is 57.8 Å². The first-order valence-corrected chi connectivity index (χ1v) is 16.0. The lowest BCUT2D eigenvalue weighted by Crippen LogP contribution is -2.34. The summed E-state index contributed by atoms with van der Waals surface area (Å²) in [5.74, 6) is -4.73. The largest absolute Gasteiger partial charge is 0.481 e. The molecule has 0 bridgehead atoms. The molecule has 48 heavy (non-hydrogen) atoms. The fourth-order valence-electron chi connectivity index (χ4n) is 4.92. The van der Waals surface area contributed by atoms with Crippen LogP contribution in [0, 0.1) is 17.8 Å². The molecule has 0 heterocycles. The molecule has 13 nitrogen and oxygen atoms in total. The van der Waals surface area contributed by atoms with E-state index in [0.29, 0.717) is 51.4 Å². The normalized spacial score (nSPS) is 25.9. The van der Waals surface area contributed by atoms with E-state index < -0.39 is 52.8 Å². The van der Waals surface area contributed by atoms with Crippen LogP contribution in [-0.2, 0) is 48.3 Å². The summed E-state index contributed by atoms with van der Waals surface area (Å²) in [4.78, 5) is 41.8. The van der Waals surface area contributed by atoms with E-state index in [-0.39, 0.29) is 35.8 Å². The molecule has 3 fully saturated rings. The summed E-state index contributed by atoms with van der Waals surface area (Å²) in [7, 11) is -3.59. The number of alkyl halides is 6. The average molecular weight is 739 g/mol. The van der Waals surface area contributed by atoms with Crippen LogP contribution in [0.2, 0.25) is 0 Å². The second kappa shape index (κ2) is 22.0. The van der Waals surface area contributed by atoms with Crippen molar-refractivity contribution in [3.05, 3.63) is 0 Å². The van der Waals surface area contributed by atoms with Gasteiger partial charge in [-0.15, -0.1) is 0 Å². The number of hydrogen-bond donors (Lipinski definition) is 3. The Kier molecular flexibility index (Phi) is 20.8. The Labute approximate surface area is 272 Å². The zero-order valence-electron chi connectivity index (χ0n) is 26.1. The Morgan fingerprint density at radius 3 is 1.19 bits per heavy atom. The van der Waals surface area contributed by atoms with Crippen LogP contribution in [-0.4, -0.2) is 98.6 Å². The van der Waals surface area contributed by atoms with Gasteiger partial charge in [0.25, 0.3) is 0 Å². The van der Waals surface area contributed by atoms with Gasteiger partial charge in [-0.2, -0.15) is 34.8 Å². The SMILES string of the molecule is COC(=O)C1CCC(O)CC1.COC(=O)C1CCC(OC(F)F)CC1.O=C(O)C(F)(F)S(=O)(=O)F.O=C(O)C1CCC(OC(F)F)CC1. The molecule has 0 aliphatic heterocycles. The Morgan fingerprint density at radius 1 is 0.646 bits per heavy atom. The zero-order chi connectivity index (χ0) is 37.2. The van der Waals surface area contributed by atoms with Crippen molar-refractivity contribution in [3.63, 3.8) is 0 Å². The van der Waals surface area contributed by atoms with Crippen molar-refractivity contribution in [1.82, 2.24) is 0 Å². The zero-order valence-corrected chi connectivity index (χ0v) is 26.9. The maximum atomic E-state index is 11.8. The number of aliphatic carboxylic acids is 2. The van der Waals surface area contributed by atoms with Crippen LogP contribution in [0.4, 0.5) is 30.2 Å². The molecule has 0 saturated heterocycles. The first-order chi connectivity index (χ1) is 22.2. The van der Waals surface area contributed by atoms with Crippen LogP contribution in [0.15, 0.2) is 0 Å². The van der Waals surface area contributed by atoms with Crippen molar-refractivity contribution in [2.45, 2.75) is 114 Å². The highest BCUT2D eigenvalue weighted by Crippen LogP contribution is 2.29. The third-order valence-electron chi connectivity index (χ3n) is 7.61. The minimum atomic E-state index is -6.33. The second-order valence-electron chi connectivity index (χ2n) is 10.9. The summed E-state index contributed by atoms with van der Waals surface area (Å²) in [6, 6.07) is 0. The fourth-order valence-corrected chi connectivity index (χ4v) is 5.13. The topological polar surface area (TPSA) is 200 Å². The fraction of sp³-hybridized carbons (Fsp3) is 0.852. The van der Waals surface area contributed by atoms with Gasteiger partial charge < -0.3 is 34.3 Å². The third-order valence-corrected chi connectivity index (χ3v) is 8.40. The molecule has 0 aromatic rings. The maximum absolute atomic E-state index is 11.8. The quantitative estimate of drug-likeness (QED) is 0.170. The minimum Gasteiger partial charge on any atom is -0.481 e. The van der Waals surface area contributed by atoms with Crippen LogP contribution in [0.1, 0.15) is 77.0 Å². The molecule has 3 rings (SSSR count). The summed E-state index contributed by atoms with van der Waals surface area (Å²) in [5.41, 5.74) is 0. The number of hydrogen-bond acceptors (Lipinski definition) is 11. The van der Waals surface area contributed by atoms with E-state index in [1.165, 1.54) is 14.2 Å². The number of rotatable bonds is 9. The molecule has 0 aromatic carbocycles. The van der Waals surface area contributed by atoms with Crippen LogP contribution >= 0.6 is 0 Å². The lowest BCUT2D eigenvalue weighted by molar-refractivity contribution is -0.175. The number of carbonyl (C=O) groups excluding carboxylic acids is 2. The van der Waals surface area contributed by atoms with Gasteiger partial charge in [0.05, 0.1) is 50.3 Å². The molecule has 0 atom stereocenters. The summed E-state index contributed by atoms with van der Waals surface area (Å²) in [5, 5.41) is 19.8. The van der Waals surface area contributed by atoms with E-state index in [1.54, 1.807) is 0 Å². The number of carboxylic acid groups (broad SMARTS) is 2. The Balaban J connectivity index is 0.000000619. The van der Waals surface area contributed by atoms with Gasteiger partial charge >= 0.3 is 52.6 Å². The van der Waals surface area contributed by atoms with Gasteiger partial charge in [-0.1, -0.05) is 3.89 Å². The molecule has 3 aliphatic carbocycles. The predicted molar refractivity (Wildman–Crippen MR) is 148 cm³/mol. The lowest BCUT2D eigenvalue weighted by atomic mass is 9.87. The molecule has 282 valence electrons. The summed E-state index contributed by atoms with van der Waals surface area (Å²) in [6.07, 6.45) is 5.81. The van der Waals surface area contributed by atoms with Crippen LogP contribution in [0.3, 0.4) is 0 Å². The van der Waals surface area contributed by atoms with Crippen molar-refractivity contribution in [1.29, 1.82) is 0 Å². The van der Waals surface area contributed by atoms with Gasteiger partial charge in [-0.3, -0.25) is 14.4 Å². The number of esters is 2. The molecule has 21 heteroatoms.